The smallest absolute Gasteiger partial charge is 0.317 e. The third-order valence-electron chi connectivity index (χ3n) is 6.89. The minimum Gasteiger partial charge on any atom is -0.480 e. The van der Waals surface area contributed by atoms with E-state index in [4.69, 9.17) is 5.11 Å². The van der Waals surface area contributed by atoms with Gasteiger partial charge in [-0.1, -0.05) is 53.9 Å². The molecule has 0 atom stereocenters. The van der Waals surface area contributed by atoms with Gasteiger partial charge in [-0.3, -0.25) is 24.5 Å². The summed E-state index contributed by atoms with van der Waals surface area (Å²) in [7, 11) is 1.76. The molecule has 8 heteroatoms. The lowest BCUT2D eigenvalue weighted by Crippen LogP contribution is -2.38. The zero-order valence-corrected chi connectivity index (χ0v) is 23.8. The van der Waals surface area contributed by atoms with Crippen molar-refractivity contribution >= 4 is 23.9 Å². The Morgan fingerprint density at radius 2 is 1.64 bits per heavy atom. The van der Waals surface area contributed by atoms with E-state index in [0.29, 0.717) is 24.0 Å². The maximum atomic E-state index is 13.0. The van der Waals surface area contributed by atoms with E-state index in [1.165, 1.54) is 32.1 Å². The van der Waals surface area contributed by atoms with Gasteiger partial charge in [0.25, 0.3) is 0 Å². The van der Waals surface area contributed by atoms with E-state index >= 15 is 0 Å². The molecule has 1 heterocycles. The molecule has 206 valence electrons. The van der Waals surface area contributed by atoms with Crippen LogP contribution in [0.5, 0.6) is 0 Å². The van der Waals surface area contributed by atoms with E-state index in [1.54, 1.807) is 13.4 Å². The van der Waals surface area contributed by atoms with Gasteiger partial charge in [-0.05, 0) is 57.5 Å². The molecule has 1 aliphatic carbocycles. The van der Waals surface area contributed by atoms with Crippen molar-refractivity contribution < 1.29 is 14.7 Å². The van der Waals surface area contributed by atoms with Crippen LogP contribution in [-0.2, 0) is 9.59 Å². The van der Waals surface area contributed by atoms with Crippen molar-refractivity contribution in [2.75, 3.05) is 39.8 Å². The summed E-state index contributed by atoms with van der Waals surface area (Å²) in [6.45, 7) is 15.2. The molecule has 1 aliphatic heterocycles. The molecule has 0 unspecified atom stereocenters. The summed E-state index contributed by atoms with van der Waals surface area (Å²) in [5, 5.41) is 15.4. The number of carboxylic acid groups (broad SMARTS) is 1. The average Bonchev–Trinajstić information content (AvgIpc) is 2.85. The molecule has 1 saturated heterocycles. The van der Waals surface area contributed by atoms with Gasteiger partial charge in [-0.25, -0.2) is 0 Å². The number of aliphatic carboxylic acids is 1. The lowest BCUT2D eigenvalue weighted by atomic mass is 9.86. The molecular formula is C28H51N5O3. The molecule has 0 aromatic carbocycles. The van der Waals surface area contributed by atoms with E-state index in [0.717, 1.165) is 43.9 Å². The fourth-order valence-electron chi connectivity index (χ4n) is 4.88. The number of carbonyl (C=O) groups excluding carboxylic acids is 1. The van der Waals surface area contributed by atoms with Crippen LogP contribution < -0.4 is 10.6 Å². The largest absolute Gasteiger partial charge is 0.480 e. The van der Waals surface area contributed by atoms with Crippen molar-refractivity contribution in [1.29, 1.82) is 0 Å². The number of carboxylic acids is 1. The molecule has 8 nitrogen and oxygen atoms in total. The Bertz CT molecular complexity index is 769. The quantitative estimate of drug-likeness (QED) is 0.230. The van der Waals surface area contributed by atoms with E-state index in [1.807, 2.05) is 25.7 Å². The second kappa shape index (κ2) is 16.5. The highest BCUT2D eigenvalue weighted by atomic mass is 16.4. The topological polar surface area (TPSA) is 106 Å². The average molecular weight is 506 g/mol. The molecule has 3 N–H and O–H groups in total. The first-order chi connectivity index (χ1) is 17.1. The number of amides is 1. The normalized spacial score (nSPS) is 19.4. The van der Waals surface area contributed by atoms with Crippen LogP contribution in [-0.4, -0.2) is 73.7 Å². The molecule has 2 aliphatic rings. The van der Waals surface area contributed by atoms with Crippen molar-refractivity contribution in [2.24, 2.45) is 27.2 Å². The van der Waals surface area contributed by atoms with Gasteiger partial charge >= 0.3 is 5.97 Å². The van der Waals surface area contributed by atoms with Crippen LogP contribution in [0.1, 0.15) is 86.5 Å². The number of hydrogen-bond donors (Lipinski definition) is 3. The molecule has 0 radical (unpaired) electrons. The van der Waals surface area contributed by atoms with E-state index in [2.05, 4.69) is 41.4 Å². The summed E-state index contributed by atoms with van der Waals surface area (Å²) in [4.78, 5) is 35.0. The monoisotopic (exact) mass is 505 g/mol. The summed E-state index contributed by atoms with van der Waals surface area (Å²) in [5.74, 6) is 0.188. The van der Waals surface area contributed by atoms with Gasteiger partial charge in [0.1, 0.15) is 0 Å². The van der Waals surface area contributed by atoms with Gasteiger partial charge in [0.15, 0.2) is 0 Å². The zero-order valence-electron chi connectivity index (χ0n) is 23.8. The summed E-state index contributed by atoms with van der Waals surface area (Å²) >= 11 is 0. The first-order valence-corrected chi connectivity index (χ1v) is 13.8. The van der Waals surface area contributed by atoms with Crippen molar-refractivity contribution in [3.05, 3.63) is 11.3 Å². The minimum absolute atomic E-state index is 0.0577. The number of carbonyl (C=O) groups is 2. The summed E-state index contributed by atoms with van der Waals surface area (Å²) < 4.78 is 0. The number of nitrogens with zero attached hydrogens (tertiary/aromatic N) is 3. The lowest BCUT2D eigenvalue weighted by molar-refractivity contribution is -0.138. The molecule has 0 aromatic rings. The van der Waals surface area contributed by atoms with Crippen molar-refractivity contribution in [2.45, 2.75) is 86.5 Å². The number of likely N-dealkylation sites (tertiary alicyclic amines) is 1. The zero-order chi connectivity index (χ0) is 27.1. The number of aliphatic imine (C=N–C) groups is 2. The Labute approximate surface area is 219 Å². The van der Waals surface area contributed by atoms with Gasteiger partial charge in [0.2, 0.25) is 5.91 Å². The van der Waals surface area contributed by atoms with Crippen LogP contribution in [0.15, 0.2) is 21.3 Å². The maximum Gasteiger partial charge on any atom is 0.317 e. The number of allylic oxidation sites excluding steroid dienone is 1. The number of rotatable bonds is 10. The van der Waals surface area contributed by atoms with Crippen LogP contribution in [0.4, 0.5) is 0 Å². The molecule has 1 saturated carbocycles. The third-order valence-corrected chi connectivity index (χ3v) is 6.89. The Morgan fingerprint density at radius 3 is 2.17 bits per heavy atom. The van der Waals surface area contributed by atoms with Gasteiger partial charge in [0.05, 0.1) is 24.3 Å². The highest BCUT2D eigenvalue weighted by Crippen LogP contribution is 2.24. The summed E-state index contributed by atoms with van der Waals surface area (Å²) in [6, 6.07) is 0. The molecule has 2 fully saturated rings. The summed E-state index contributed by atoms with van der Waals surface area (Å²) in [6.07, 6.45) is 9.79. The Kier molecular flexibility index (Phi) is 14.6. The standard InChI is InChI=1S/C26H45N5O3.C2H6/c1-19(25(34)29-16-20-9-7-6-8-10-20)23(24(27-5)26(2,3)4)30-18-28-15-21-11-13-31(14-12-21)17-22(32)33;1-2/h18,20-21H,6-17H2,1-5H3,(H,28,30)(H,29,34)(H,32,33);1-2H3/b23-19-,27-24?;. The van der Waals surface area contributed by atoms with E-state index in [-0.39, 0.29) is 17.9 Å². The third kappa shape index (κ3) is 11.2. The SMILES string of the molecule is CC.CN=C(/C(NC=NCC1CCN(CC(=O)O)CC1)=C(\C)C(=O)NCC1CCCCC1)C(C)(C)C. The molecular weight excluding hydrogens is 454 g/mol. The summed E-state index contributed by atoms with van der Waals surface area (Å²) in [5.41, 5.74) is 1.95. The van der Waals surface area contributed by atoms with E-state index in [9.17, 15) is 9.59 Å². The van der Waals surface area contributed by atoms with Crippen LogP contribution in [0.2, 0.25) is 0 Å². The predicted molar refractivity (Wildman–Crippen MR) is 150 cm³/mol. The van der Waals surface area contributed by atoms with Crippen molar-refractivity contribution in [3.8, 4) is 0 Å². The fraction of sp³-hybridized carbons (Fsp3) is 0.786. The molecule has 0 bridgehead atoms. The second-order valence-electron chi connectivity index (χ2n) is 10.8. The first-order valence-electron chi connectivity index (χ1n) is 13.8. The second-order valence-corrected chi connectivity index (χ2v) is 10.8. The van der Waals surface area contributed by atoms with Crippen LogP contribution in [0.3, 0.4) is 0 Å². The molecule has 0 spiro atoms. The predicted octanol–water partition coefficient (Wildman–Crippen LogP) is 4.51. The maximum absolute atomic E-state index is 13.0. The number of nitrogens with one attached hydrogen (secondary N) is 2. The molecule has 1 amide bonds. The van der Waals surface area contributed by atoms with Crippen molar-refractivity contribution in [1.82, 2.24) is 15.5 Å². The van der Waals surface area contributed by atoms with Gasteiger partial charge < -0.3 is 15.7 Å². The first kappa shape index (κ1) is 31.8. The Hall–Kier alpha value is -2.22. The van der Waals surface area contributed by atoms with Crippen LogP contribution in [0.25, 0.3) is 0 Å². The number of piperidine rings is 1. The van der Waals surface area contributed by atoms with E-state index < -0.39 is 5.97 Å². The van der Waals surface area contributed by atoms with Gasteiger partial charge in [-0.15, -0.1) is 0 Å². The Morgan fingerprint density at radius 1 is 1.03 bits per heavy atom. The highest BCUT2D eigenvalue weighted by Gasteiger charge is 2.26. The Balaban J connectivity index is 0.00000316. The van der Waals surface area contributed by atoms with Gasteiger partial charge in [-0.2, -0.15) is 0 Å². The fourth-order valence-corrected chi connectivity index (χ4v) is 4.88. The van der Waals surface area contributed by atoms with Gasteiger partial charge in [0, 0.05) is 31.1 Å². The molecule has 36 heavy (non-hydrogen) atoms. The minimum atomic E-state index is -0.773. The number of hydrogen-bond acceptors (Lipinski definition) is 5. The molecule has 0 aromatic heterocycles. The lowest BCUT2D eigenvalue weighted by Gasteiger charge is -2.29. The van der Waals surface area contributed by atoms with Crippen LogP contribution in [0, 0.1) is 17.3 Å². The molecule has 2 rings (SSSR count). The van der Waals surface area contributed by atoms with Crippen LogP contribution >= 0.6 is 0 Å². The highest BCUT2D eigenvalue weighted by molar-refractivity contribution is 6.10. The van der Waals surface area contributed by atoms with Crippen molar-refractivity contribution in [3.63, 3.8) is 0 Å².